The van der Waals surface area contributed by atoms with Crippen LogP contribution in [0.25, 0.3) is 0 Å². The van der Waals surface area contributed by atoms with E-state index in [9.17, 15) is 9.59 Å². The van der Waals surface area contributed by atoms with Crippen LogP contribution in [-0.2, 0) is 14.3 Å². The quantitative estimate of drug-likeness (QED) is 0.710. The van der Waals surface area contributed by atoms with Crippen molar-refractivity contribution in [2.45, 2.75) is 50.9 Å². The van der Waals surface area contributed by atoms with Gasteiger partial charge < -0.3 is 10.1 Å². The van der Waals surface area contributed by atoms with Crippen molar-refractivity contribution in [2.24, 2.45) is 11.8 Å². The topological polar surface area (TPSA) is 55.4 Å². The van der Waals surface area contributed by atoms with Crippen LogP contribution in [0.2, 0.25) is 0 Å². The number of amides is 1. The summed E-state index contributed by atoms with van der Waals surface area (Å²) in [6.45, 7) is 5.53. The van der Waals surface area contributed by atoms with Gasteiger partial charge in [-0.05, 0) is 33.6 Å². The first-order valence-electron chi connectivity index (χ1n) is 5.92. The summed E-state index contributed by atoms with van der Waals surface area (Å²) in [7, 11) is 0. The summed E-state index contributed by atoms with van der Waals surface area (Å²) < 4.78 is 6.12. The number of carbonyl (C=O) groups excluding carboxylic acids is 2. The lowest BCUT2D eigenvalue weighted by molar-refractivity contribution is -0.133. The van der Waals surface area contributed by atoms with Crippen LogP contribution >= 0.6 is 0 Å². The van der Waals surface area contributed by atoms with Gasteiger partial charge in [-0.1, -0.05) is 0 Å². The van der Waals surface area contributed by atoms with E-state index in [0.717, 1.165) is 12.8 Å². The van der Waals surface area contributed by atoms with E-state index in [1.54, 1.807) is 6.92 Å². The molecule has 5 atom stereocenters. The Kier molecular flexibility index (Phi) is 1.71. The van der Waals surface area contributed by atoms with E-state index in [4.69, 9.17) is 4.74 Å². The predicted octanol–water partition coefficient (Wildman–Crippen LogP) is 0.648. The second kappa shape index (κ2) is 2.67. The average molecular weight is 223 g/mol. The fourth-order valence-electron chi connectivity index (χ4n) is 4.09. The number of hydrogen-bond acceptors (Lipinski definition) is 3. The molecule has 0 radical (unpaired) electrons. The first-order valence-corrected chi connectivity index (χ1v) is 5.92. The van der Waals surface area contributed by atoms with Gasteiger partial charge in [-0.15, -0.1) is 0 Å². The molecule has 2 bridgehead atoms. The summed E-state index contributed by atoms with van der Waals surface area (Å²) >= 11 is 0. The van der Waals surface area contributed by atoms with Gasteiger partial charge in [0.05, 0.1) is 23.5 Å². The van der Waals surface area contributed by atoms with E-state index in [1.807, 2.05) is 13.8 Å². The summed E-state index contributed by atoms with van der Waals surface area (Å²) in [4.78, 5) is 23.7. The number of fused-ring (bicyclic) bond motifs is 1. The Hall–Kier alpha value is -0.900. The molecule has 0 aromatic heterocycles. The normalized spacial score (nSPS) is 53.9. The molecule has 4 nitrogen and oxygen atoms in total. The summed E-state index contributed by atoms with van der Waals surface area (Å²) in [5.74, 6) is -0.445. The highest BCUT2D eigenvalue weighted by atomic mass is 16.5. The number of ether oxygens (including phenoxy) is 1. The van der Waals surface area contributed by atoms with Crippen LogP contribution in [0, 0.1) is 11.8 Å². The van der Waals surface area contributed by atoms with Crippen LogP contribution in [0.4, 0.5) is 0 Å². The van der Waals surface area contributed by atoms with Gasteiger partial charge >= 0.3 is 0 Å². The predicted molar refractivity (Wildman–Crippen MR) is 56.7 cm³/mol. The van der Waals surface area contributed by atoms with Crippen LogP contribution in [0.1, 0.15) is 33.6 Å². The highest BCUT2D eigenvalue weighted by Gasteiger charge is 2.73. The Morgan fingerprint density at radius 3 is 2.81 bits per heavy atom. The van der Waals surface area contributed by atoms with Crippen molar-refractivity contribution in [1.82, 2.24) is 5.32 Å². The Balaban J connectivity index is 2.12. The van der Waals surface area contributed by atoms with Gasteiger partial charge in [-0.3, -0.25) is 9.59 Å². The van der Waals surface area contributed by atoms with Crippen LogP contribution in [-0.4, -0.2) is 28.9 Å². The molecule has 3 rings (SSSR count). The van der Waals surface area contributed by atoms with E-state index in [2.05, 4.69) is 5.32 Å². The molecular weight excluding hydrogens is 206 g/mol. The molecule has 0 aromatic rings. The lowest BCUT2D eigenvalue weighted by Crippen LogP contribution is -2.45. The summed E-state index contributed by atoms with van der Waals surface area (Å²) in [6, 6.07) is 0.0242. The van der Waals surface area contributed by atoms with Crippen LogP contribution in [0.3, 0.4) is 0 Å². The smallest absolute Gasteiger partial charge is 0.227 e. The molecule has 0 saturated carbocycles. The number of hydrogen-bond donors (Lipinski definition) is 1. The molecule has 3 aliphatic rings. The zero-order valence-electron chi connectivity index (χ0n) is 9.87. The molecule has 16 heavy (non-hydrogen) atoms. The average Bonchev–Trinajstić information content (AvgIpc) is 2.72. The van der Waals surface area contributed by atoms with E-state index in [0.29, 0.717) is 0 Å². The summed E-state index contributed by atoms with van der Waals surface area (Å²) in [5.41, 5.74) is -0.829. The molecule has 88 valence electrons. The zero-order chi connectivity index (χ0) is 11.7. The van der Waals surface area contributed by atoms with E-state index < -0.39 is 11.2 Å². The van der Waals surface area contributed by atoms with Crippen molar-refractivity contribution in [1.29, 1.82) is 0 Å². The maximum absolute atomic E-state index is 12.0. The fourth-order valence-corrected chi connectivity index (χ4v) is 4.09. The van der Waals surface area contributed by atoms with Crippen molar-refractivity contribution >= 4 is 11.7 Å². The maximum Gasteiger partial charge on any atom is 0.227 e. The highest BCUT2D eigenvalue weighted by Crippen LogP contribution is 2.61. The molecule has 3 saturated heterocycles. The monoisotopic (exact) mass is 223 g/mol. The molecule has 1 N–H and O–H groups in total. The Morgan fingerprint density at radius 1 is 1.50 bits per heavy atom. The van der Waals surface area contributed by atoms with Crippen molar-refractivity contribution < 1.29 is 14.3 Å². The Bertz CT molecular complexity index is 394. The Morgan fingerprint density at radius 2 is 2.19 bits per heavy atom. The third kappa shape index (κ3) is 0.902. The Labute approximate surface area is 94.7 Å². The van der Waals surface area contributed by atoms with Crippen molar-refractivity contribution in [3.05, 3.63) is 0 Å². The maximum atomic E-state index is 12.0. The molecule has 0 aliphatic carbocycles. The SMILES string of the molecule is CC(=O)[C@H]1[C@H]2C(=O)N[C@@H](C)[C@@]23CC[C@]1(C)O3. The molecule has 1 spiro atoms. The summed E-state index contributed by atoms with van der Waals surface area (Å²) in [5, 5.41) is 2.92. The molecule has 0 aromatic carbocycles. The zero-order valence-corrected chi connectivity index (χ0v) is 9.87. The van der Waals surface area contributed by atoms with Gasteiger partial charge in [0.25, 0.3) is 0 Å². The fraction of sp³-hybridized carbons (Fsp3) is 0.833. The number of nitrogens with one attached hydrogen (secondary N) is 1. The van der Waals surface area contributed by atoms with Crippen LogP contribution in [0.15, 0.2) is 0 Å². The van der Waals surface area contributed by atoms with Gasteiger partial charge in [0.15, 0.2) is 0 Å². The molecule has 0 unspecified atom stereocenters. The van der Waals surface area contributed by atoms with Gasteiger partial charge in [-0.2, -0.15) is 0 Å². The van der Waals surface area contributed by atoms with Gasteiger partial charge in [0, 0.05) is 0 Å². The minimum atomic E-state index is -0.415. The largest absolute Gasteiger partial charge is 0.365 e. The minimum absolute atomic E-state index is 0.00359. The lowest BCUT2D eigenvalue weighted by atomic mass is 9.65. The lowest BCUT2D eigenvalue weighted by Gasteiger charge is -2.31. The van der Waals surface area contributed by atoms with Crippen molar-refractivity contribution in [2.75, 3.05) is 0 Å². The minimum Gasteiger partial charge on any atom is -0.365 e. The number of ketones is 1. The van der Waals surface area contributed by atoms with E-state index in [-0.39, 0.29) is 29.6 Å². The molecular formula is C12H17NO3. The molecule has 3 aliphatic heterocycles. The van der Waals surface area contributed by atoms with Crippen molar-refractivity contribution in [3.8, 4) is 0 Å². The standard InChI is InChI=1S/C12H17NO3/c1-6(14)8-9-10(15)13-7(2)12(9)5-4-11(8,3)16-12/h7-9H,4-5H2,1-3H3,(H,13,15)/t7-,8-,9-,11-,12-/m0/s1. The first-order chi connectivity index (χ1) is 7.41. The second-order valence-corrected chi connectivity index (χ2v) is 5.67. The van der Waals surface area contributed by atoms with Crippen molar-refractivity contribution in [3.63, 3.8) is 0 Å². The van der Waals surface area contributed by atoms with Gasteiger partial charge in [-0.25, -0.2) is 0 Å². The van der Waals surface area contributed by atoms with Gasteiger partial charge in [0.2, 0.25) is 5.91 Å². The van der Waals surface area contributed by atoms with Gasteiger partial charge in [0.1, 0.15) is 11.4 Å². The number of Topliss-reactive ketones (excluding diaryl/α,β-unsaturated/α-hetero) is 1. The number of carbonyl (C=O) groups is 2. The molecule has 4 heteroatoms. The van der Waals surface area contributed by atoms with E-state index in [1.165, 1.54) is 0 Å². The van der Waals surface area contributed by atoms with Crippen LogP contribution in [0.5, 0.6) is 0 Å². The molecule has 3 fully saturated rings. The third-order valence-corrected chi connectivity index (χ3v) is 4.77. The second-order valence-electron chi connectivity index (χ2n) is 5.67. The number of rotatable bonds is 1. The summed E-state index contributed by atoms with van der Waals surface area (Å²) in [6.07, 6.45) is 1.77. The first kappa shape index (κ1) is 10.3. The molecule has 3 heterocycles. The molecule has 1 amide bonds. The highest BCUT2D eigenvalue weighted by molar-refractivity contribution is 5.92. The third-order valence-electron chi connectivity index (χ3n) is 4.77. The van der Waals surface area contributed by atoms with E-state index >= 15 is 0 Å². The van der Waals surface area contributed by atoms with Crippen LogP contribution < -0.4 is 5.32 Å².